The molecule has 2 nitrogen and oxygen atoms in total. The average Bonchev–Trinajstić information content (AvgIpc) is 2.48. The molecule has 0 bridgehead atoms. The maximum atomic E-state index is 5.82. The minimum absolute atomic E-state index is 0.375. The molecule has 0 radical (unpaired) electrons. The highest BCUT2D eigenvalue weighted by molar-refractivity contribution is 5.88. The Morgan fingerprint density at radius 3 is 2.40 bits per heavy atom. The Morgan fingerprint density at radius 1 is 1.20 bits per heavy atom. The summed E-state index contributed by atoms with van der Waals surface area (Å²) < 4.78 is 0. The second-order valence-corrected chi connectivity index (χ2v) is 3.50. The highest BCUT2D eigenvalue weighted by atomic mass is 14.9. The maximum absolute atomic E-state index is 5.82. The molecule has 2 N–H and O–H groups in total. The van der Waals surface area contributed by atoms with Gasteiger partial charge in [0.05, 0.1) is 5.84 Å². The van der Waals surface area contributed by atoms with Gasteiger partial charge in [0.2, 0.25) is 0 Å². The molecule has 1 spiro atoms. The van der Waals surface area contributed by atoms with Gasteiger partial charge in [-0.25, -0.2) is 0 Å². The van der Waals surface area contributed by atoms with E-state index in [1.54, 1.807) is 0 Å². The van der Waals surface area contributed by atoms with Crippen LogP contribution in [0.1, 0.15) is 32.1 Å². The van der Waals surface area contributed by atoms with E-state index >= 15 is 0 Å². The maximum Gasteiger partial charge on any atom is 0.1000 e. The number of nitrogens with two attached hydrogens (primary N) is 1. The molecule has 2 aliphatic rings. The van der Waals surface area contributed by atoms with Crippen LogP contribution in [0.4, 0.5) is 0 Å². The van der Waals surface area contributed by atoms with Gasteiger partial charge < -0.3 is 5.73 Å². The molecule has 1 saturated carbocycles. The van der Waals surface area contributed by atoms with Gasteiger partial charge in [-0.15, -0.1) is 0 Å². The van der Waals surface area contributed by atoms with Crippen LogP contribution >= 0.6 is 0 Å². The van der Waals surface area contributed by atoms with Crippen molar-refractivity contribution in [1.82, 2.24) is 0 Å². The molecule has 0 aromatic rings. The second kappa shape index (κ2) is 1.97. The Morgan fingerprint density at radius 2 is 1.90 bits per heavy atom. The monoisotopic (exact) mass is 138 g/mol. The lowest BCUT2D eigenvalue weighted by Crippen LogP contribution is -2.30. The number of nitrogens with zero attached hydrogens (tertiary/aromatic N) is 1. The molecule has 1 fully saturated rings. The SMILES string of the molecule is NC1=NCCC12CCCC2. The van der Waals surface area contributed by atoms with Crippen molar-refractivity contribution in [2.45, 2.75) is 32.1 Å². The van der Waals surface area contributed by atoms with Crippen molar-refractivity contribution in [3.05, 3.63) is 0 Å². The first kappa shape index (κ1) is 6.20. The number of rotatable bonds is 0. The second-order valence-electron chi connectivity index (χ2n) is 3.50. The van der Waals surface area contributed by atoms with Gasteiger partial charge in [-0.05, 0) is 19.3 Å². The molecule has 0 unspecified atom stereocenters. The molecule has 0 aromatic heterocycles. The fourth-order valence-electron chi connectivity index (χ4n) is 2.24. The van der Waals surface area contributed by atoms with E-state index in [0.29, 0.717) is 5.41 Å². The first-order chi connectivity index (χ1) is 4.83. The van der Waals surface area contributed by atoms with E-state index in [1.807, 2.05) is 0 Å². The van der Waals surface area contributed by atoms with E-state index in [1.165, 1.54) is 32.1 Å². The minimum atomic E-state index is 0.375. The van der Waals surface area contributed by atoms with Crippen molar-refractivity contribution in [3.8, 4) is 0 Å². The van der Waals surface area contributed by atoms with Gasteiger partial charge >= 0.3 is 0 Å². The van der Waals surface area contributed by atoms with Gasteiger partial charge in [-0.1, -0.05) is 12.8 Å². The quantitative estimate of drug-likeness (QED) is 0.538. The van der Waals surface area contributed by atoms with E-state index in [2.05, 4.69) is 4.99 Å². The van der Waals surface area contributed by atoms with Gasteiger partial charge in [0, 0.05) is 12.0 Å². The molecule has 2 heteroatoms. The predicted molar refractivity (Wildman–Crippen MR) is 42.0 cm³/mol. The highest BCUT2D eigenvalue weighted by Gasteiger charge is 2.39. The van der Waals surface area contributed by atoms with Crippen LogP contribution in [0.5, 0.6) is 0 Å². The highest BCUT2D eigenvalue weighted by Crippen LogP contribution is 2.43. The van der Waals surface area contributed by atoms with Crippen molar-refractivity contribution in [2.24, 2.45) is 16.1 Å². The molecule has 1 aliphatic heterocycles. The summed E-state index contributed by atoms with van der Waals surface area (Å²) in [5.74, 6) is 0.949. The van der Waals surface area contributed by atoms with Crippen LogP contribution in [-0.4, -0.2) is 12.4 Å². The topological polar surface area (TPSA) is 38.4 Å². The van der Waals surface area contributed by atoms with E-state index in [4.69, 9.17) is 5.73 Å². The molecular weight excluding hydrogens is 124 g/mol. The molecule has 0 amide bonds. The average molecular weight is 138 g/mol. The lowest BCUT2D eigenvalue weighted by molar-refractivity contribution is 0.429. The van der Waals surface area contributed by atoms with Crippen LogP contribution in [0, 0.1) is 5.41 Å². The van der Waals surface area contributed by atoms with Gasteiger partial charge in [0.1, 0.15) is 0 Å². The molecule has 0 aromatic carbocycles. The van der Waals surface area contributed by atoms with Crippen molar-refractivity contribution in [1.29, 1.82) is 0 Å². The molecule has 56 valence electrons. The van der Waals surface area contributed by atoms with Crippen molar-refractivity contribution >= 4 is 5.84 Å². The summed E-state index contributed by atoms with van der Waals surface area (Å²) in [6, 6.07) is 0. The molecule has 1 aliphatic carbocycles. The predicted octanol–water partition coefficient (Wildman–Crippen LogP) is 1.31. The third kappa shape index (κ3) is 0.678. The lowest BCUT2D eigenvalue weighted by atomic mass is 9.84. The number of hydrogen-bond acceptors (Lipinski definition) is 2. The Bertz CT molecular complexity index is 166. The van der Waals surface area contributed by atoms with Gasteiger partial charge in [-0.2, -0.15) is 0 Å². The normalized spacial score (nSPS) is 29.4. The van der Waals surface area contributed by atoms with Crippen LogP contribution in [0.3, 0.4) is 0 Å². The first-order valence-corrected chi connectivity index (χ1v) is 4.14. The zero-order chi connectivity index (χ0) is 7.03. The lowest BCUT2D eigenvalue weighted by Gasteiger charge is -2.21. The molecule has 2 rings (SSSR count). The van der Waals surface area contributed by atoms with Gasteiger partial charge in [-0.3, -0.25) is 4.99 Å². The van der Waals surface area contributed by atoms with Crippen LogP contribution in [-0.2, 0) is 0 Å². The molecule has 0 saturated heterocycles. The minimum Gasteiger partial charge on any atom is -0.387 e. The molecule has 10 heavy (non-hydrogen) atoms. The Balaban J connectivity index is 2.21. The first-order valence-electron chi connectivity index (χ1n) is 4.14. The Kier molecular flexibility index (Phi) is 1.22. The number of hydrogen-bond donors (Lipinski definition) is 1. The Hall–Kier alpha value is -0.530. The van der Waals surface area contributed by atoms with Crippen molar-refractivity contribution in [3.63, 3.8) is 0 Å². The summed E-state index contributed by atoms with van der Waals surface area (Å²) >= 11 is 0. The van der Waals surface area contributed by atoms with E-state index in [9.17, 15) is 0 Å². The standard InChI is InChI=1S/C8H14N2/c9-7-8(5-6-10-7)3-1-2-4-8/h1-6H2,(H2,9,10). The van der Waals surface area contributed by atoms with Crippen molar-refractivity contribution in [2.75, 3.05) is 6.54 Å². The third-order valence-electron chi connectivity index (χ3n) is 2.98. The zero-order valence-electron chi connectivity index (χ0n) is 6.27. The molecular formula is C8H14N2. The van der Waals surface area contributed by atoms with E-state index in [0.717, 1.165) is 12.4 Å². The van der Waals surface area contributed by atoms with Gasteiger partial charge in [0.15, 0.2) is 0 Å². The number of amidine groups is 1. The summed E-state index contributed by atoms with van der Waals surface area (Å²) in [5.41, 5.74) is 6.20. The zero-order valence-corrected chi connectivity index (χ0v) is 6.27. The van der Waals surface area contributed by atoms with Gasteiger partial charge in [0.25, 0.3) is 0 Å². The van der Waals surface area contributed by atoms with Crippen LogP contribution in [0.25, 0.3) is 0 Å². The number of aliphatic imine (C=N–C) groups is 1. The van der Waals surface area contributed by atoms with E-state index in [-0.39, 0.29) is 0 Å². The fraction of sp³-hybridized carbons (Fsp3) is 0.875. The summed E-state index contributed by atoms with van der Waals surface area (Å²) in [6.07, 6.45) is 6.52. The summed E-state index contributed by atoms with van der Waals surface area (Å²) in [7, 11) is 0. The summed E-state index contributed by atoms with van der Waals surface area (Å²) in [5, 5.41) is 0. The Labute approximate surface area is 61.5 Å². The van der Waals surface area contributed by atoms with E-state index < -0.39 is 0 Å². The molecule has 1 heterocycles. The van der Waals surface area contributed by atoms with Crippen LogP contribution < -0.4 is 5.73 Å². The smallest absolute Gasteiger partial charge is 0.1000 e. The van der Waals surface area contributed by atoms with Crippen LogP contribution in [0.2, 0.25) is 0 Å². The summed E-state index contributed by atoms with van der Waals surface area (Å²) in [6.45, 7) is 0.978. The molecule has 0 atom stereocenters. The van der Waals surface area contributed by atoms with Crippen molar-refractivity contribution < 1.29 is 0 Å². The largest absolute Gasteiger partial charge is 0.387 e. The van der Waals surface area contributed by atoms with Crippen LogP contribution in [0.15, 0.2) is 4.99 Å². The fourth-order valence-corrected chi connectivity index (χ4v) is 2.24. The summed E-state index contributed by atoms with van der Waals surface area (Å²) in [4.78, 5) is 4.27. The third-order valence-corrected chi connectivity index (χ3v) is 2.98.